The number of para-hydroxylation sites is 1. The van der Waals surface area contributed by atoms with Crippen LogP contribution >= 0.6 is 11.3 Å². The molecule has 134 valence electrons. The van der Waals surface area contributed by atoms with Crippen LogP contribution in [0.15, 0.2) is 60.0 Å². The van der Waals surface area contributed by atoms with Crippen molar-refractivity contribution in [1.82, 2.24) is 4.90 Å². The molecule has 6 heteroatoms. The molecule has 0 aliphatic heterocycles. The van der Waals surface area contributed by atoms with E-state index < -0.39 is 17.5 Å². The van der Waals surface area contributed by atoms with E-state index in [9.17, 15) is 13.6 Å². The summed E-state index contributed by atoms with van der Waals surface area (Å²) in [6.45, 7) is 0.515. The fourth-order valence-electron chi connectivity index (χ4n) is 2.66. The summed E-state index contributed by atoms with van der Waals surface area (Å²) in [5.74, 6) is -1.33. The molecule has 0 saturated heterocycles. The monoisotopic (exact) mass is 373 g/mol. The molecule has 0 aliphatic carbocycles. The van der Waals surface area contributed by atoms with Gasteiger partial charge in [0.25, 0.3) is 5.91 Å². The van der Waals surface area contributed by atoms with Crippen molar-refractivity contribution in [2.24, 2.45) is 0 Å². The van der Waals surface area contributed by atoms with E-state index in [1.807, 2.05) is 35.7 Å². The predicted molar refractivity (Wildman–Crippen MR) is 97.2 cm³/mol. The molecule has 3 nitrogen and oxygen atoms in total. The minimum absolute atomic E-state index is 0.219. The van der Waals surface area contributed by atoms with E-state index >= 15 is 0 Å². The van der Waals surface area contributed by atoms with Gasteiger partial charge in [-0.25, -0.2) is 8.78 Å². The Morgan fingerprint density at radius 2 is 1.88 bits per heavy atom. The zero-order valence-electron chi connectivity index (χ0n) is 14.1. The van der Waals surface area contributed by atoms with Gasteiger partial charge in [-0.15, -0.1) is 11.3 Å². The zero-order chi connectivity index (χ0) is 18.5. The summed E-state index contributed by atoms with van der Waals surface area (Å²) in [7, 11) is 1.55. The number of amides is 1. The first-order valence-electron chi connectivity index (χ1n) is 7.97. The van der Waals surface area contributed by atoms with Crippen molar-refractivity contribution in [3.05, 3.63) is 87.6 Å². The van der Waals surface area contributed by atoms with Gasteiger partial charge >= 0.3 is 0 Å². The maximum atomic E-state index is 14.1. The summed E-state index contributed by atoms with van der Waals surface area (Å²) >= 11 is 1.50. The Labute approximate surface area is 154 Å². The van der Waals surface area contributed by atoms with Crippen LogP contribution in [0.3, 0.4) is 0 Å². The first-order chi connectivity index (χ1) is 12.6. The number of benzene rings is 2. The third-order valence-corrected chi connectivity index (χ3v) is 4.79. The largest absolute Gasteiger partial charge is 0.496 e. The highest BCUT2D eigenvalue weighted by molar-refractivity contribution is 7.09. The average Bonchev–Trinajstić information content (AvgIpc) is 3.16. The molecule has 0 spiro atoms. The Bertz CT molecular complexity index is 897. The molecular formula is C20H17F2NO2S. The van der Waals surface area contributed by atoms with Gasteiger partial charge in [-0.2, -0.15) is 0 Å². The van der Waals surface area contributed by atoms with Gasteiger partial charge in [0.05, 0.1) is 25.8 Å². The molecule has 3 rings (SSSR count). The Hall–Kier alpha value is -2.73. The second-order valence-electron chi connectivity index (χ2n) is 5.68. The molecule has 0 atom stereocenters. The Balaban J connectivity index is 1.95. The van der Waals surface area contributed by atoms with Crippen LogP contribution in [-0.4, -0.2) is 17.9 Å². The number of carbonyl (C=O) groups is 1. The predicted octanol–water partition coefficient (Wildman–Crippen LogP) is 4.88. The molecule has 0 radical (unpaired) electrons. The molecule has 3 aromatic rings. The molecule has 1 amide bonds. The number of hydrogen-bond donors (Lipinski definition) is 0. The zero-order valence-corrected chi connectivity index (χ0v) is 14.9. The Morgan fingerprint density at radius 3 is 2.62 bits per heavy atom. The van der Waals surface area contributed by atoms with Crippen LogP contribution in [0.25, 0.3) is 0 Å². The minimum Gasteiger partial charge on any atom is -0.496 e. The van der Waals surface area contributed by atoms with E-state index in [0.717, 1.165) is 28.6 Å². The lowest BCUT2D eigenvalue weighted by Gasteiger charge is -2.23. The van der Waals surface area contributed by atoms with E-state index in [0.29, 0.717) is 12.3 Å². The first kappa shape index (κ1) is 18.1. The van der Waals surface area contributed by atoms with E-state index in [2.05, 4.69) is 0 Å². The van der Waals surface area contributed by atoms with Gasteiger partial charge < -0.3 is 9.64 Å². The van der Waals surface area contributed by atoms with Crippen LogP contribution in [0.5, 0.6) is 5.75 Å². The van der Waals surface area contributed by atoms with E-state index in [1.54, 1.807) is 13.2 Å². The summed E-state index contributed by atoms with van der Waals surface area (Å²) in [6, 6.07) is 14.0. The van der Waals surface area contributed by atoms with Crippen molar-refractivity contribution in [2.75, 3.05) is 7.11 Å². The first-order valence-corrected chi connectivity index (χ1v) is 8.85. The van der Waals surface area contributed by atoms with Gasteiger partial charge in [0, 0.05) is 10.4 Å². The number of rotatable bonds is 6. The molecule has 0 N–H and O–H groups in total. The molecule has 1 heterocycles. The molecule has 0 bridgehead atoms. The normalized spacial score (nSPS) is 10.6. The molecule has 26 heavy (non-hydrogen) atoms. The van der Waals surface area contributed by atoms with Crippen LogP contribution in [0, 0.1) is 11.6 Å². The summed E-state index contributed by atoms with van der Waals surface area (Å²) in [5, 5.41) is 1.91. The fraction of sp³-hybridized carbons (Fsp3) is 0.150. The van der Waals surface area contributed by atoms with E-state index in [1.165, 1.54) is 16.2 Å². The van der Waals surface area contributed by atoms with Gasteiger partial charge in [-0.3, -0.25) is 4.79 Å². The van der Waals surface area contributed by atoms with Crippen molar-refractivity contribution in [1.29, 1.82) is 0 Å². The smallest absolute Gasteiger partial charge is 0.257 e. The van der Waals surface area contributed by atoms with E-state index in [4.69, 9.17) is 4.74 Å². The number of carbonyl (C=O) groups excluding carboxylic acids is 1. The lowest BCUT2D eigenvalue weighted by atomic mass is 10.1. The number of hydrogen-bond acceptors (Lipinski definition) is 3. The maximum Gasteiger partial charge on any atom is 0.257 e. The highest BCUT2D eigenvalue weighted by Gasteiger charge is 2.22. The van der Waals surface area contributed by atoms with Crippen molar-refractivity contribution in [2.45, 2.75) is 13.1 Å². The van der Waals surface area contributed by atoms with Crippen LogP contribution in [-0.2, 0) is 13.1 Å². The minimum atomic E-state index is -0.743. The number of halogens is 2. The molecule has 0 aliphatic rings. The van der Waals surface area contributed by atoms with Crippen LogP contribution < -0.4 is 4.74 Å². The van der Waals surface area contributed by atoms with Gasteiger partial charge in [-0.05, 0) is 35.7 Å². The summed E-state index contributed by atoms with van der Waals surface area (Å²) in [4.78, 5) is 15.4. The Kier molecular flexibility index (Phi) is 5.63. The molecule has 0 saturated carbocycles. The Morgan fingerprint density at radius 1 is 1.08 bits per heavy atom. The number of nitrogens with zero attached hydrogens (tertiary/aromatic N) is 1. The number of thiophene rings is 1. The number of methoxy groups -OCH3 is 1. The summed E-state index contributed by atoms with van der Waals surface area (Å²) < 4.78 is 33.0. The SMILES string of the molecule is COc1ccccc1CN(Cc1cccs1)C(=O)c1cc(F)ccc1F. The van der Waals surface area contributed by atoms with Crippen molar-refractivity contribution in [3.8, 4) is 5.75 Å². The average molecular weight is 373 g/mol. The molecular weight excluding hydrogens is 356 g/mol. The molecule has 0 fully saturated rings. The van der Waals surface area contributed by atoms with Crippen LogP contribution in [0.1, 0.15) is 20.8 Å². The van der Waals surface area contributed by atoms with Crippen molar-refractivity contribution in [3.63, 3.8) is 0 Å². The van der Waals surface area contributed by atoms with Crippen LogP contribution in [0.2, 0.25) is 0 Å². The maximum absolute atomic E-state index is 14.1. The lowest BCUT2D eigenvalue weighted by molar-refractivity contribution is 0.0725. The fourth-order valence-corrected chi connectivity index (χ4v) is 3.38. The molecule has 2 aromatic carbocycles. The summed E-state index contributed by atoms with van der Waals surface area (Å²) in [6.07, 6.45) is 0. The van der Waals surface area contributed by atoms with Gasteiger partial charge in [0.2, 0.25) is 0 Å². The number of ether oxygens (including phenoxy) is 1. The topological polar surface area (TPSA) is 29.5 Å². The highest BCUT2D eigenvalue weighted by atomic mass is 32.1. The summed E-state index contributed by atoms with van der Waals surface area (Å²) in [5.41, 5.74) is 0.508. The van der Waals surface area contributed by atoms with Gasteiger partial charge in [0.1, 0.15) is 17.4 Å². The van der Waals surface area contributed by atoms with Gasteiger partial charge in [0.15, 0.2) is 0 Å². The van der Waals surface area contributed by atoms with Crippen molar-refractivity contribution < 1.29 is 18.3 Å². The lowest BCUT2D eigenvalue weighted by Crippen LogP contribution is -2.30. The highest BCUT2D eigenvalue weighted by Crippen LogP contribution is 2.23. The third-order valence-electron chi connectivity index (χ3n) is 3.93. The van der Waals surface area contributed by atoms with E-state index in [-0.39, 0.29) is 12.1 Å². The molecule has 0 unspecified atom stereocenters. The molecule has 1 aromatic heterocycles. The second-order valence-corrected chi connectivity index (χ2v) is 6.71. The van der Waals surface area contributed by atoms with Crippen molar-refractivity contribution >= 4 is 17.2 Å². The standard InChI is InChI=1S/C20H17F2NO2S/c1-25-19-7-3-2-5-14(19)12-23(13-16-6-4-10-26-16)20(24)17-11-15(21)8-9-18(17)22/h2-11H,12-13H2,1H3. The second kappa shape index (κ2) is 8.10. The van der Waals surface area contributed by atoms with Gasteiger partial charge in [-0.1, -0.05) is 24.3 Å². The van der Waals surface area contributed by atoms with Crippen LogP contribution in [0.4, 0.5) is 8.78 Å². The quantitative estimate of drug-likeness (QED) is 0.616. The third kappa shape index (κ3) is 4.08.